The molecule has 0 bridgehead atoms. The van der Waals surface area contributed by atoms with Crippen molar-refractivity contribution < 1.29 is 4.79 Å². The first-order valence-corrected chi connectivity index (χ1v) is 11.2. The van der Waals surface area contributed by atoms with Crippen molar-refractivity contribution in [2.45, 2.75) is 38.9 Å². The molecule has 0 unspecified atom stereocenters. The number of piperidine rings is 1. The summed E-state index contributed by atoms with van der Waals surface area (Å²) in [6, 6.07) is 9.50. The molecule has 5 rings (SSSR count). The number of carbonyl (C=O) groups is 1. The number of imidazole rings is 1. The van der Waals surface area contributed by atoms with Crippen LogP contribution >= 0.6 is 0 Å². The number of hydrogen-bond acceptors (Lipinski definition) is 7. The van der Waals surface area contributed by atoms with E-state index in [2.05, 4.69) is 27.8 Å². The number of aromatic nitrogens is 2. The van der Waals surface area contributed by atoms with Crippen LogP contribution in [0, 0.1) is 23.2 Å². The molecule has 0 aliphatic carbocycles. The average Bonchev–Trinajstić information content (AvgIpc) is 3.46. The van der Waals surface area contributed by atoms with Crippen molar-refractivity contribution in [2.75, 3.05) is 36.0 Å². The molecule has 1 amide bonds. The van der Waals surface area contributed by atoms with Crippen LogP contribution < -0.4 is 15.5 Å². The lowest BCUT2D eigenvalue weighted by Crippen LogP contribution is -2.50. The number of guanidine groups is 1. The lowest BCUT2D eigenvalue weighted by molar-refractivity contribution is 0.0823. The molecule has 1 saturated heterocycles. The molecule has 0 spiro atoms. The molecule has 2 aromatic rings. The zero-order valence-corrected chi connectivity index (χ0v) is 18.7. The minimum atomic E-state index is -0.135. The maximum absolute atomic E-state index is 13.8. The van der Waals surface area contributed by atoms with Crippen molar-refractivity contribution in [3.05, 3.63) is 41.1 Å². The van der Waals surface area contributed by atoms with Gasteiger partial charge in [-0.3, -0.25) is 24.2 Å². The third-order valence-corrected chi connectivity index (χ3v) is 6.27. The Morgan fingerprint density at radius 3 is 2.79 bits per heavy atom. The maximum Gasteiger partial charge on any atom is 0.281 e. The van der Waals surface area contributed by atoms with Crippen LogP contribution in [0.1, 0.15) is 41.4 Å². The number of nitrogens with two attached hydrogens (primary N) is 1. The Bertz CT molecular complexity index is 1210. The summed E-state index contributed by atoms with van der Waals surface area (Å²) in [6.07, 6.45) is 1.99. The fraction of sp³-hybridized carbons (Fsp3) is 0.417. The molecule has 1 aromatic carbocycles. The normalized spacial score (nSPS) is 19.4. The third-order valence-electron chi connectivity index (χ3n) is 6.27. The van der Waals surface area contributed by atoms with E-state index in [1.165, 1.54) is 0 Å². The minimum Gasteiger partial charge on any atom is -0.341 e. The van der Waals surface area contributed by atoms with E-state index in [4.69, 9.17) is 16.0 Å². The molecular formula is C24H26N8O. The minimum absolute atomic E-state index is 0.0886. The van der Waals surface area contributed by atoms with Crippen LogP contribution in [0.5, 0.6) is 0 Å². The van der Waals surface area contributed by atoms with Gasteiger partial charge in [0, 0.05) is 25.7 Å². The number of aliphatic imine (C=N–C) groups is 1. The van der Waals surface area contributed by atoms with Crippen molar-refractivity contribution in [3.63, 3.8) is 0 Å². The molecule has 2 N–H and O–H groups in total. The molecule has 0 radical (unpaired) electrons. The Morgan fingerprint density at radius 2 is 2.06 bits per heavy atom. The predicted molar refractivity (Wildman–Crippen MR) is 126 cm³/mol. The number of amides is 1. The van der Waals surface area contributed by atoms with Crippen molar-refractivity contribution in [3.8, 4) is 17.9 Å². The van der Waals surface area contributed by atoms with Gasteiger partial charge in [0.15, 0.2) is 11.5 Å². The second-order valence-electron chi connectivity index (χ2n) is 8.48. The molecular weight excluding hydrogens is 416 g/mol. The molecule has 1 fully saturated rings. The molecule has 9 heteroatoms. The summed E-state index contributed by atoms with van der Waals surface area (Å²) in [5.74, 6) is 7.95. The molecule has 1 atom stereocenters. The largest absolute Gasteiger partial charge is 0.341 e. The maximum atomic E-state index is 13.8. The van der Waals surface area contributed by atoms with Gasteiger partial charge < -0.3 is 10.6 Å². The van der Waals surface area contributed by atoms with Crippen molar-refractivity contribution >= 4 is 23.6 Å². The number of nitriles is 1. The number of hydrogen-bond donors (Lipinski definition) is 1. The van der Waals surface area contributed by atoms with E-state index < -0.39 is 0 Å². The number of carbonyl (C=O) groups excluding carboxylic acids is 1. The molecule has 3 aliphatic rings. The first-order valence-electron chi connectivity index (χ1n) is 11.2. The van der Waals surface area contributed by atoms with Gasteiger partial charge in [-0.1, -0.05) is 18.1 Å². The van der Waals surface area contributed by atoms with E-state index in [1.54, 1.807) is 24.0 Å². The molecule has 1 aromatic heterocycles. The summed E-state index contributed by atoms with van der Waals surface area (Å²) >= 11 is 0. The van der Waals surface area contributed by atoms with Gasteiger partial charge in [-0.05, 0) is 37.5 Å². The van der Waals surface area contributed by atoms with Gasteiger partial charge >= 0.3 is 0 Å². The van der Waals surface area contributed by atoms with Gasteiger partial charge in [0.05, 0.1) is 31.3 Å². The summed E-state index contributed by atoms with van der Waals surface area (Å²) in [6.45, 7) is 5.40. The first kappa shape index (κ1) is 21.0. The molecule has 33 heavy (non-hydrogen) atoms. The van der Waals surface area contributed by atoms with Gasteiger partial charge in [0.25, 0.3) is 5.91 Å². The Balaban J connectivity index is 1.56. The number of anilines is 2. The highest BCUT2D eigenvalue weighted by atomic mass is 16.2. The van der Waals surface area contributed by atoms with Crippen molar-refractivity contribution in [1.82, 2.24) is 14.5 Å². The standard InChI is InChI=1S/C24H26N8O/c1-2-3-12-30-20-21(28-24(30)29-11-4-5-19(26)16-29)31-13-10-27-23(31)32(22(20)33)15-18-8-6-17(14-25)7-9-18/h6-9,19H,4-5,10-13,15-16,26H2,1H3/t19-/m1/s1. The number of rotatable bonds is 4. The molecule has 9 nitrogen and oxygen atoms in total. The summed E-state index contributed by atoms with van der Waals surface area (Å²) in [5, 5.41) is 9.08. The van der Waals surface area contributed by atoms with Gasteiger partial charge in [-0.25, -0.2) is 0 Å². The van der Waals surface area contributed by atoms with E-state index in [0.29, 0.717) is 55.8 Å². The fourth-order valence-corrected chi connectivity index (χ4v) is 4.66. The van der Waals surface area contributed by atoms with Crippen LogP contribution in [-0.4, -0.2) is 58.5 Å². The molecule has 0 saturated carbocycles. The van der Waals surface area contributed by atoms with E-state index in [0.717, 1.165) is 30.9 Å². The second-order valence-corrected chi connectivity index (χ2v) is 8.48. The van der Waals surface area contributed by atoms with Gasteiger partial charge in [0.2, 0.25) is 11.9 Å². The van der Waals surface area contributed by atoms with Crippen molar-refractivity contribution in [1.29, 1.82) is 5.26 Å². The fourth-order valence-electron chi connectivity index (χ4n) is 4.66. The van der Waals surface area contributed by atoms with Crippen LogP contribution in [0.2, 0.25) is 0 Å². The highest BCUT2D eigenvalue weighted by Crippen LogP contribution is 2.35. The van der Waals surface area contributed by atoms with E-state index in [9.17, 15) is 4.79 Å². The SMILES string of the molecule is CC#CCn1c(N2CCC[C@@H](N)C2)nc2c1C(=O)N(Cc1ccc(C#N)cc1)C1=NCCN12. The summed E-state index contributed by atoms with van der Waals surface area (Å²) < 4.78 is 1.94. The topological polar surface area (TPSA) is 107 Å². The summed E-state index contributed by atoms with van der Waals surface area (Å²) in [4.78, 5) is 29.3. The van der Waals surface area contributed by atoms with Crippen LogP contribution in [0.15, 0.2) is 29.3 Å². The Labute approximate surface area is 193 Å². The Morgan fingerprint density at radius 1 is 1.24 bits per heavy atom. The van der Waals surface area contributed by atoms with Crippen LogP contribution in [0.25, 0.3) is 0 Å². The zero-order chi connectivity index (χ0) is 22.9. The quantitative estimate of drug-likeness (QED) is 0.720. The first-order chi connectivity index (χ1) is 16.1. The van der Waals surface area contributed by atoms with Crippen LogP contribution in [0.4, 0.5) is 11.8 Å². The monoisotopic (exact) mass is 442 g/mol. The van der Waals surface area contributed by atoms with E-state index in [1.807, 2.05) is 21.6 Å². The van der Waals surface area contributed by atoms with E-state index >= 15 is 0 Å². The van der Waals surface area contributed by atoms with Crippen LogP contribution in [-0.2, 0) is 13.1 Å². The number of fused-ring (bicyclic) bond motifs is 3. The Kier molecular flexibility index (Phi) is 5.49. The van der Waals surface area contributed by atoms with Crippen molar-refractivity contribution in [2.24, 2.45) is 10.7 Å². The summed E-state index contributed by atoms with van der Waals surface area (Å²) in [5.41, 5.74) is 8.31. The lowest BCUT2D eigenvalue weighted by Gasteiger charge is -2.33. The smallest absolute Gasteiger partial charge is 0.281 e. The van der Waals surface area contributed by atoms with Crippen LogP contribution in [0.3, 0.4) is 0 Å². The third kappa shape index (κ3) is 3.71. The van der Waals surface area contributed by atoms with Gasteiger partial charge in [-0.15, -0.1) is 5.92 Å². The van der Waals surface area contributed by atoms with Gasteiger partial charge in [0.1, 0.15) is 0 Å². The second kappa shape index (κ2) is 8.61. The summed E-state index contributed by atoms with van der Waals surface area (Å²) in [7, 11) is 0. The highest BCUT2D eigenvalue weighted by Gasteiger charge is 2.42. The zero-order valence-electron chi connectivity index (χ0n) is 18.7. The van der Waals surface area contributed by atoms with Gasteiger partial charge in [-0.2, -0.15) is 10.2 Å². The highest BCUT2D eigenvalue weighted by molar-refractivity contribution is 6.18. The molecule has 4 heterocycles. The van der Waals surface area contributed by atoms with E-state index in [-0.39, 0.29) is 11.9 Å². The molecule has 168 valence electrons. The number of benzene rings is 1. The number of nitrogens with zero attached hydrogens (tertiary/aromatic N) is 7. The average molecular weight is 443 g/mol. The molecule has 3 aliphatic heterocycles. The lowest BCUT2D eigenvalue weighted by atomic mass is 10.1. The predicted octanol–water partition coefficient (Wildman–Crippen LogP) is 1.54. The Hall–Kier alpha value is -3.82.